The molecule has 0 fully saturated rings. The Kier molecular flexibility index (Phi) is 11.9. The number of carbonyl (C=O) groups is 4. The number of benzene rings is 2. The molecule has 6 N–H and O–H groups in total. The van der Waals surface area contributed by atoms with Crippen LogP contribution in [0, 0.1) is 0 Å². The van der Waals surface area contributed by atoms with E-state index in [0.29, 0.717) is 35.0 Å². The molecule has 3 aromatic rings. The summed E-state index contributed by atoms with van der Waals surface area (Å²) in [5.41, 5.74) is 7.42. The van der Waals surface area contributed by atoms with Crippen molar-refractivity contribution >= 4 is 52.5 Å². The first-order chi connectivity index (χ1) is 21.0. The molecule has 0 saturated heterocycles. The third kappa shape index (κ3) is 9.91. The van der Waals surface area contributed by atoms with Crippen molar-refractivity contribution in [2.75, 3.05) is 55.5 Å². The van der Waals surface area contributed by atoms with Gasteiger partial charge >= 0.3 is 0 Å². The van der Waals surface area contributed by atoms with Crippen LogP contribution in [0.2, 0.25) is 0 Å². The fourth-order valence-electron chi connectivity index (χ4n) is 3.72. The molecule has 1 atom stereocenters. The normalized spacial score (nSPS) is 11.6. The lowest BCUT2D eigenvalue weighted by Crippen LogP contribution is -2.34. The molecule has 1 heterocycles. The first-order valence-corrected chi connectivity index (χ1v) is 14.1. The molecule has 1 unspecified atom stereocenters. The lowest BCUT2D eigenvalue weighted by atomic mass is 10.2. The molecular formula is C31H39N9O4. The molecule has 13 nitrogen and oxygen atoms in total. The lowest BCUT2D eigenvalue weighted by Gasteiger charge is -2.17. The zero-order valence-corrected chi connectivity index (χ0v) is 25.5. The molecule has 3 rings (SSSR count). The molecule has 0 saturated carbocycles. The van der Waals surface area contributed by atoms with Gasteiger partial charge in [0, 0.05) is 54.5 Å². The highest BCUT2D eigenvalue weighted by Gasteiger charge is 2.17. The number of likely N-dealkylation sites (N-methyl/N-ethyl adjacent to an activating group) is 2. The Morgan fingerprint density at radius 1 is 0.977 bits per heavy atom. The van der Waals surface area contributed by atoms with Crippen LogP contribution in [0.4, 0.5) is 28.8 Å². The van der Waals surface area contributed by atoms with E-state index in [2.05, 4.69) is 31.2 Å². The van der Waals surface area contributed by atoms with E-state index in [1.165, 1.54) is 17.2 Å². The largest absolute Gasteiger partial charge is 0.369 e. The molecule has 232 valence electrons. The highest BCUT2D eigenvalue weighted by molar-refractivity contribution is 6.07. The van der Waals surface area contributed by atoms with E-state index >= 15 is 0 Å². The van der Waals surface area contributed by atoms with Crippen molar-refractivity contribution in [3.05, 3.63) is 78.0 Å². The second kappa shape index (κ2) is 15.8. The summed E-state index contributed by atoms with van der Waals surface area (Å²) in [6.45, 7) is 4.38. The summed E-state index contributed by atoms with van der Waals surface area (Å²) in [7, 11) is 5.37. The van der Waals surface area contributed by atoms with E-state index in [4.69, 9.17) is 5.73 Å². The summed E-state index contributed by atoms with van der Waals surface area (Å²) >= 11 is 0. The highest BCUT2D eigenvalue weighted by atomic mass is 16.2. The molecule has 0 spiro atoms. The third-order valence-electron chi connectivity index (χ3n) is 6.49. The van der Waals surface area contributed by atoms with Gasteiger partial charge in [-0.3, -0.25) is 19.2 Å². The number of anilines is 5. The molecular weight excluding hydrogens is 562 g/mol. The molecule has 0 aliphatic carbocycles. The molecule has 4 amide bonds. The standard InChI is InChI=1S/C31H39N9O4/c1-6-16-33-29-25(18-34-31(38-29)37-22-13-11-21(12-14-22)28(32)43)30(44)36-24-9-7-8-23(17-24)35-26(41)19-40(5)27(42)15-10-20(2)39(3)4/h7-15,17-18,20H,6,16,19H2,1-5H3,(H2,32,43)(H,35,41)(H,36,44)(H2,33,34,37,38)/b15-10+. The first-order valence-electron chi connectivity index (χ1n) is 14.1. The van der Waals surface area contributed by atoms with Gasteiger partial charge in [-0.2, -0.15) is 4.98 Å². The van der Waals surface area contributed by atoms with Gasteiger partial charge in [-0.05, 0) is 69.9 Å². The summed E-state index contributed by atoms with van der Waals surface area (Å²) in [5.74, 6) is -1.06. The van der Waals surface area contributed by atoms with Crippen molar-refractivity contribution in [2.24, 2.45) is 5.73 Å². The number of nitrogens with zero attached hydrogens (tertiary/aromatic N) is 4. The van der Waals surface area contributed by atoms with Crippen LogP contribution in [-0.2, 0) is 9.59 Å². The topological polar surface area (TPSA) is 175 Å². The van der Waals surface area contributed by atoms with Gasteiger partial charge in [-0.1, -0.05) is 19.1 Å². The Morgan fingerprint density at radius 2 is 1.66 bits per heavy atom. The van der Waals surface area contributed by atoms with Gasteiger partial charge < -0.3 is 36.8 Å². The summed E-state index contributed by atoms with van der Waals surface area (Å²) in [6.07, 6.45) is 5.43. The Bertz CT molecular complexity index is 1510. The molecule has 1 aromatic heterocycles. The second-order valence-electron chi connectivity index (χ2n) is 10.3. The zero-order chi connectivity index (χ0) is 32.2. The third-order valence-corrected chi connectivity index (χ3v) is 6.49. The van der Waals surface area contributed by atoms with Crippen LogP contribution in [0.3, 0.4) is 0 Å². The minimum Gasteiger partial charge on any atom is -0.369 e. The second-order valence-corrected chi connectivity index (χ2v) is 10.3. The van der Waals surface area contributed by atoms with Crippen LogP contribution < -0.4 is 27.0 Å². The van der Waals surface area contributed by atoms with E-state index in [-0.39, 0.29) is 35.9 Å². The molecule has 0 radical (unpaired) electrons. The molecule has 13 heteroatoms. The van der Waals surface area contributed by atoms with Gasteiger partial charge in [-0.15, -0.1) is 0 Å². The predicted molar refractivity (Wildman–Crippen MR) is 172 cm³/mol. The van der Waals surface area contributed by atoms with E-state index in [1.54, 1.807) is 61.7 Å². The number of carbonyl (C=O) groups excluding carboxylic acids is 4. The minimum atomic E-state index is -0.528. The molecule has 2 aromatic carbocycles. The smallest absolute Gasteiger partial charge is 0.260 e. The van der Waals surface area contributed by atoms with Gasteiger partial charge in [0.05, 0.1) is 6.54 Å². The average molecular weight is 602 g/mol. The summed E-state index contributed by atoms with van der Waals surface area (Å²) in [6, 6.07) is 13.3. The van der Waals surface area contributed by atoms with Crippen LogP contribution in [-0.4, -0.2) is 83.7 Å². The summed E-state index contributed by atoms with van der Waals surface area (Å²) in [5, 5.41) is 11.8. The van der Waals surface area contributed by atoms with Crippen molar-refractivity contribution in [1.82, 2.24) is 19.8 Å². The monoisotopic (exact) mass is 601 g/mol. The number of nitrogens with two attached hydrogens (primary N) is 1. The van der Waals surface area contributed by atoms with Gasteiger partial charge in [0.25, 0.3) is 5.91 Å². The van der Waals surface area contributed by atoms with Crippen LogP contribution in [0.5, 0.6) is 0 Å². The number of primary amides is 1. The number of aromatic nitrogens is 2. The van der Waals surface area contributed by atoms with Gasteiger partial charge in [0.15, 0.2) is 0 Å². The number of nitrogens with one attached hydrogen (secondary N) is 4. The lowest BCUT2D eigenvalue weighted by molar-refractivity contribution is -0.129. The number of hydrogen-bond acceptors (Lipinski definition) is 9. The van der Waals surface area contributed by atoms with Crippen LogP contribution >= 0.6 is 0 Å². The van der Waals surface area contributed by atoms with E-state index in [0.717, 1.165) is 6.42 Å². The van der Waals surface area contributed by atoms with Gasteiger partial charge in [-0.25, -0.2) is 4.98 Å². The van der Waals surface area contributed by atoms with E-state index < -0.39 is 11.8 Å². The van der Waals surface area contributed by atoms with Crippen LogP contribution in [0.1, 0.15) is 41.0 Å². The SMILES string of the molecule is CCCNc1nc(Nc2ccc(C(N)=O)cc2)ncc1C(=O)Nc1cccc(NC(=O)CN(C)C(=O)/C=C/C(C)N(C)C)c1. The zero-order valence-electron chi connectivity index (χ0n) is 25.5. The maximum absolute atomic E-state index is 13.2. The molecule has 0 aliphatic heterocycles. The first kappa shape index (κ1) is 33.2. The fraction of sp³-hybridized carbons (Fsp3) is 0.290. The van der Waals surface area contributed by atoms with Crippen molar-refractivity contribution in [2.45, 2.75) is 26.3 Å². The maximum atomic E-state index is 13.2. The Hall–Kier alpha value is -5.30. The molecule has 0 aliphatic rings. The van der Waals surface area contributed by atoms with Gasteiger partial charge in [0.1, 0.15) is 11.4 Å². The highest BCUT2D eigenvalue weighted by Crippen LogP contribution is 2.21. The van der Waals surface area contributed by atoms with Crippen molar-refractivity contribution in [3.8, 4) is 0 Å². The number of rotatable bonds is 14. The van der Waals surface area contributed by atoms with Crippen LogP contribution in [0.15, 0.2) is 66.9 Å². The van der Waals surface area contributed by atoms with E-state index in [9.17, 15) is 19.2 Å². The molecule has 0 bridgehead atoms. The molecule has 44 heavy (non-hydrogen) atoms. The Morgan fingerprint density at radius 3 is 2.30 bits per heavy atom. The summed E-state index contributed by atoms with van der Waals surface area (Å²) < 4.78 is 0. The predicted octanol–water partition coefficient (Wildman–Crippen LogP) is 3.30. The maximum Gasteiger partial charge on any atom is 0.260 e. The number of amides is 4. The Balaban J connectivity index is 1.66. The minimum absolute atomic E-state index is 0.0764. The Labute approximate surface area is 256 Å². The number of hydrogen-bond donors (Lipinski definition) is 5. The van der Waals surface area contributed by atoms with E-state index in [1.807, 2.05) is 32.8 Å². The quantitative estimate of drug-likeness (QED) is 0.174. The van der Waals surface area contributed by atoms with Gasteiger partial charge in [0.2, 0.25) is 23.7 Å². The van der Waals surface area contributed by atoms with Crippen LogP contribution in [0.25, 0.3) is 0 Å². The van der Waals surface area contributed by atoms with Crippen molar-refractivity contribution < 1.29 is 19.2 Å². The summed E-state index contributed by atoms with van der Waals surface area (Å²) in [4.78, 5) is 61.6. The fourth-order valence-corrected chi connectivity index (χ4v) is 3.72. The average Bonchev–Trinajstić information content (AvgIpc) is 2.98. The van der Waals surface area contributed by atoms with Crippen molar-refractivity contribution in [1.29, 1.82) is 0 Å². The van der Waals surface area contributed by atoms with Crippen molar-refractivity contribution in [3.63, 3.8) is 0 Å².